The first-order valence-electron chi connectivity index (χ1n) is 7.46. The quantitative estimate of drug-likeness (QED) is 0.837. The summed E-state index contributed by atoms with van der Waals surface area (Å²) in [5.74, 6) is 0.196. The molecule has 1 amide bonds. The third kappa shape index (κ3) is 4.47. The highest BCUT2D eigenvalue weighted by Crippen LogP contribution is 2.28. The van der Waals surface area contributed by atoms with E-state index in [9.17, 15) is 4.79 Å². The fourth-order valence-corrected chi connectivity index (χ4v) is 3.62. The second-order valence-electron chi connectivity index (χ2n) is 5.84. The Bertz CT molecular complexity index is 674. The molecule has 0 bridgehead atoms. The van der Waals surface area contributed by atoms with Gasteiger partial charge in [0.1, 0.15) is 0 Å². The van der Waals surface area contributed by atoms with Crippen molar-refractivity contribution in [1.29, 1.82) is 0 Å². The van der Waals surface area contributed by atoms with Crippen molar-refractivity contribution in [1.82, 2.24) is 25.4 Å². The molecule has 2 aromatic rings. The van der Waals surface area contributed by atoms with Crippen molar-refractivity contribution in [3.05, 3.63) is 34.0 Å². The fourth-order valence-electron chi connectivity index (χ4n) is 2.91. The lowest BCUT2D eigenvalue weighted by atomic mass is 9.90. The monoisotopic (exact) mass is 391 g/mol. The number of carbonyl (C=O) groups excluding carboxylic acids is 1. The van der Waals surface area contributed by atoms with Crippen LogP contribution in [0.1, 0.15) is 35.1 Å². The average Bonchev–Trinajstić information content (AvgIpc) is 3.17. The predicted molar refractivity (Wildman–Crippen MR) is 100 cm³/mol. The largest absolute Gasteiger partial charge is 0.348 e. The van der Waals surface area contributed by atoms with Gasteiger partial charge in [-0.25, -0.2) is 4.98 Å². The van der Waals surface area contributed by atoms with Crippen LogP contribution in [0.25, 0.3) is 0 Å². The number of halogens is 2. The molecule has 1 unspecified atom stereocenters. The summed E-state index contributed by atoms with van der Waals surface area (Å²) in [5.41, 5.74) is 2.05. The highest BCUT2D eigenvalue weighted by Gasteiger charge is 2.35. The lowest BCUT2D eigenvalue weighted by Gasteiger charge is -2.19. The highest BCUT2D eigenvalue weighted by molar-refractivity contribution is 7.09. The Labute approximate surface area is 158 Å². The Hall–Kier alpha value is -1.15. The van der Waals surface area contributed by atoms with Gasteiger partial charge in [-0.15, -0.1) is 36.2 Å². The minimum Gasteiger partial charge on any atom is -0.348 e. The maximum atomic E-state index is 12.6. The van der Waals surface area contributed by atoms with Crippen LogP contribution in [-0.4, -0.2) is 33.8 Å². The smallest absolute Gasteiger partial charge is 0.225 e. The average molecular weight is 392 g/mol. The Morgan fingerprint density at radius 1 is 1.46 bits per heavy atom. The van der Waals surface area contributed by atoms with Crippen LogP contribution in [0.2, 0.25) is 0 Å². The third-order valence-corrected chi connectivity index (χ3v) is 4.93. The van der Waals surface area contributed by atoms with Gasteiger partial charge in [0.2, 0.25) is 5.91 Å². The standard InChI is InChI=1S/C15H21N5OS.2ClH/c1-9(14-8-22-10(2)19-14)18-15(21)13-6-16-5-12(13)11-4-17-20(3)7-11;;/h4,7-9,12-13,16H,5-6H2,1-3H3,(H,18,21);2*1H/t9?,12-,13+;;/m1../s1. The van der Waals surface area contributed by atoms with Gasteiger partial charge in [0, 0.05) is 37.6 Å². The van der Waals surface area contributed by atoms with E-state index in [1.807, 2.05) is 38.7 Å². The summed E-state index contributed by atoms with van der Waals surface area (Å²) in [5, 5.41) is 13.7. The topological polar surface area (TPSA) is 71.8 Å². The van der Waals surface area contributed by atoms with E-state index in [1.54, 1.807) is 16.0 Å². The molecule has 2 aromatic heterocycles. The number of rotatable bonds is 4. The minimum atomic E-state index is -0.0635. The first kappa shape index (κ1) is 20.9. The van der Waals surface area contributed by atoms with Crippen molar-refractivity contribution in [3.63, 3.8) is 0 Å². The molecule has 3 atom stereocenters. The van der Waals surface area contributed by atoms with E-state index >= 15 is 0 Å². The molecule has 3 rings (SSSR count). The van der Waals surface area contributed by atoms with Gasteiger partial charge < -0.3 is 10.6 Å². The lowest BCUT2D eigenvalue weighted by Crippen LogP contribution is -2.36. The number of aryl methyl sites for hydroxylation is 2. The number of thiazole rings is 1. The molecule has 6 nitrogen and oxygen atoms in total. The van der Waals surface area contributed by atoms with E-state index in [4.69, 9.17) is 0 Å². The number of amides is 1. The van der Waals surface area contributed by atoms with Crippen molar-refractivity contribution < 1.29 is 4.79 Å². The van der Waals surface area contributed by atoms with Gasteiger partial charge in [-0.3, -0.25) is 9.48 Å². The zero-order valence-corrected chi connectivity index (χ0v) is 16.3. The SMILES string of the molecule is Cc1nc(C(C)NC(=O)[C@H]2CNC[C@@H]2c2cnn(C)c2)cs1.Cl.Cl. The Morgan fingerprint density at radius 3 is 2.79 bits per heavy atom. The van der Waals surface area contributed by atoms with Crippen LogP contribution in [-0.2, 0) is 11.8 Å². The summed E-state index contributed by atoms with van der Waals surface area (Å²) >= 11 is 1.61. The van der Waals surface area contributed by atoms with Crippen LogP contribution >= 0.6 is 36.2 Å². The molecule has 2 N–H and O–H groups in total. The molecule has 1 fully saturated rings. The Balaban J connectivity index is 0.00000144. The van der Waals surface area contributed by atoms with Gasteiger partial charge in [-0.05, 0) is 19.4 Å². The van der Waals surface area contributed by atoms with Gasteiger partial charge in [0.05, 0.1) is 28.9 Å². The summed E-state index contributed by atoms with van der Waals surface area (Å²) in [7, 11) is 1.90. The van der Waals surface area contributed by atoms with Crippen molar-refractivity contribution >= 4 is 42.1 Å². The molecular weight excluding hydrogens is 369 g/mol. The molecule has 0 radical (unpaired) electrons. The van der Waals surface area contributed by atoms with Crippen LogP contribution in [0, 0.1) is 12.8 Å². The number of nitrogens with one attached hydrogen (secondary N) is 2. The predicted octanol–water partition coefficient (Wildman–Crippen LogP) is 2.21. The van der Waals surface area contributed by atoms with Crippen LogP contribution in [0.15, 0.2) is 17.8 Å². The normalized spacial score (nSPS) is 20.8. The van der Waals surface area contributed by atoms with E-state index in [-0.39, 0.29) is 48.6 Å². The summed E-state index contributed by atoms with van der Waals surface area (Å²) in [4.78, 5) is 17.1. The molecule has 0 saturated carbocycles. The number of carbonyl (C=O) groups is 1. The minimum absolute atomic E-state index is 0. The van der Waals surface area contributed by atoms with Gasteiger partial charge in [-0.2, -0.15) is 5.10 Å². The summed E-state index contributed by atoms with van der Waals surface area (Å²) in [6, 6.07) is -0.0624. The molecule has 9 heteroatoms. The van der Waals surface area contributed by atoms with Gasteiger partial charge in [0.25, 0.3) is 0 Å². The Kier molecular flexibility index (Phi) is 7.66. The first-order chi connectivity index (χ1) is 10.5. The van der Waals surface area contributed by atoms with E-state index in [1.165, 1.54) is 0 Å². The van der Waals surface area contributed by atoms with Crippen LogP contribution in [0.3, 0.4) is 0 Å². The molecular formula is C15H23Cl2N5OS. The van der Waals surface area contributed by atoms with Gasteiger partial charge in [-0.1, -0.05) is 0 Å². The maximum Gasteiger partial charge on any atom is 0.225 e. The Morgan fingerprint density at radius 2 is 2.21 bits per heavy atom. The summed E-state index contributed by atoms with van der Waals surface area (Å²) in [6.07, 6.45) is 3.84. The van der Waals surface area contributed by atoms with Gasteiger partial charge >= 0.3 is 0 Å². The first-order valence-corrected chi connectivity index (χ1v) is 8.34. The second-order valence-corrected chi connectivity index (χ2v) is 6.90. The zero-order chi connectivity index (χ0) is 15.7. The molecule has 0 aliphatic carbocycles. The van der Waals surface area contributed by atoms with E-state index in [0.717, 1.165) is 22.8 Å². The van der Waals surface area contributed by atoms with Crippen molar-refractivity contribution in [3.8, 4) is 0 Å². The van der Waals surface area contributed by atoms with E-state index < -0.39 is 0 Å². The zero-order valence-electron chi connectivity index (χ0n) is 13.9. The molecule has 1 aliphatic heterocycles. The van der Waals surface area contributed by atoms with Crippen molar-refractivity contribution in [2.24, 2.45) is 13.0 Å². The number of hydrogen-bond donors (Lipinski definition) is 2. The molecule has 24 heavy (non-hydrogen) atoms. The fraction of sp³-hybridized carbons (Fsp3) is 0.533. The van der Waals surface area contributed by atoms with Crippen LogP contribution < -0.4 is 10.6 Å². The van der Waals surface area contributed by atoms with Gasteiger partial charge in [0.15, 0.2) is 0 Å². The highest BCUT2D eigenvalue weighted by atomic mass is 35.5. The lowest BCUT2D eigenvalue weighted by molar-refractivity contribution is -0.125. The van der Waals surface area contributed by atoms with E-state index in [2.05, 4.69) is 20.7 Å². The second kappa shape index (κ2) is 8.80. The molecule has 0 spiro atoms. The number of aromatic nitrogens is 3. The van der Waals surface area contributed by atoms with E-state index in [0.29, 0.717) is 6.54 Å². The van der Waals surface area contributed by atoms with Crippen molar-refractivity contribution in [2.75, 3.05) is 13.1 Å². The molecule has 134 valence electrons. The van der Waals surface area contributed by atoms with Crippen LogP contribution in [0.4, 0.5) is 0 Å². The van der Waals surface area contributed by atoms with Crippen molar-refractivity contribution in [2.45, 2.75) is 25.8 Å². The molecule has 1 aliphatic rings. The number of nitrogens with zero attached hydrogens (tertiary/aromatic N) is 3. The molecule has 3 heterocycles. The summed E-state index contributed by atoms with van der Waals surface area (Å²) in [6.45, 7) is 5.47. The third-order valence-electron chi connectivity index (χ3n) is 4.14. The summed E-state index contributed by atoms with van der Waals surface area (Å²) < 4.78 is 1.78. The maximum absolute atomic E-state index is 12.6. The van der Waals surface area contributed by atoms with Crippen LogP contribution in [0.5, 0.6) is 0 Å². The molecule has 1 saturated heterocycles. The number of hydrogen-bond acceptors (Lipinski definition) is 5. The molecule has 0 aromatic carbocycles.